The second kappa shape index (κ2) is 8.71. The number of hydrogen-bond acceptors (Lipinski definition) is 6. The molecule has 0 unspecified atom stereocenters. The molecule has 1 atom stereocenters. The number of nitrogens with zero attached hydrogens (tertiary/aromatic N) is 4. The minimum atomic E-state index is -0.665. The maximum atomic E-state index is 12.8. The van der Waals surface area contributed by atoms with Gasteiger partial charge in [0.1, 0.15) is 0 Å². The van der Waals surface area contributed by atoms with Crippen molar-refractivity contribution in [1.29, 1.82) is 0 Å². The number of nitrogens with one attached hydrogen (secondary N) is 2. The normalized spacial score (nSPS) is 16.5. The van der Waals surface area contributed by atoms with Crippen molar-refractivity contribution in [3.63, 3.8) is 0 Å². The quantitative estimate of drug-likeness (QED) is 0.596. The van der Waals surface area contributed by atoms with Gasteiger partial charge in [-0.1, -0.05) is 12.1 Å². The number of benzene rings is 1. The summed E-state index contributed by atoms with van der Waals surface area (Å²) in [5.41, 5.74) is 1.76. The Balaban J connectivity index is 1.41. The molecule has 4 rings (SSSR count). The average Bonchev–Trinajstić information content (AvgIpc) is 2.75. The van der Waals surface area contributed by atoms with Crippen LogP contribution in [-0.4, -0.2) is 45.1 Å². The van der Waals surface area contributed by atoms with Gasteiger partial charge in [-0.15, -0.1) is 0 Å². The summed E-state index contributed by atoms with van der Waals surface area (Å²) in [5.74, 6) is 0.429. The summed E-state index contributed by atoms with van der Waals surface area (Å²) >= 11 is 0. The summed E-state index contributed by atoms with van der Waals surface area (Å²) in [6.45, 7) is 5.75. The molecule has 0 saturated carbocycles. The molecule has 1 aliphatic heterocycles. The Morgan fingerprint density at radius 1 is 1.19 bits per heavy atom. The molecule has 162 valence electrons. The van der Waals surface area contributed by atoms with E-state index in [1.54, 1.807) is 24.3 Å². The van der Waals surface area contributed by atoms with Crippen LogP contribution in [0.5, 0.6) is 0 Å². The fourth-order valence-electron chi connectivity index (χ4n) is 4.10. The lowest BCUT2D eigenvalue weighted by molar-refractivity contribution is -0.125. The first-order chi connectivity index (χ1) is 14.9. The van der Waals surface area contributed by atoms with E-state index in [0.717, 1.165) is 30.8 Å². The number of hydrogen-bond donors (Lipinski definition) is 2. The number of aryl methyl sites for hydroxylation is 2. The molecule has 1 saturated heterocycles. The highest BCUT2D eigenvalue weighted by Gasteiger charge is 2.27. The Labute approximate surface area is 179 Å². The molecule has 3 aromatic rings. The van der Waals surface area contributed by atoms with Crippen LogP contribution in [0, 0.1) is 19.8 Å². The van der Waals surface area contributed by atoms with E-state index in [4.69, 9.17) is 0 Å². The van der Waals surface area contributed by atoms with E-state index in [-0.39, 0.29) is 24.9 Å². The van der Waals surface area contributed by atoms with Crippen LogP contribution in [0.25, 0.3) is 11.0 Å². The summed E-state index contributed by atoms with van der Waals surface area (Å²) in [7, 11) is 0. The number of rotatable bonds is 5. The number of carbonyl (C=O) groups excluding carboxylic acids is 1. The van der Waals surface area contributed by atoms with E-state index >= 15 is 0 Å². The zero-order valence-corrected chi connectivity index (χ0v) is 17.7. The van der Waals surface area contributed by atoms with E-state index in [0.29, 0.717) is 23.5 Å². The van der Waals surface area contributed by atoms with Crippen LogP contribution in [0.15, 0.2) is 39.9 Å². The molecule has 2 N–H and O–H groups in total. The maximum absolute atomic E-state index is 12.8. The Hall–Kier alpha value is -3.49. The van der Waals surface area contributed by atoms with Gasteiger partial charge in [-0.05, 0) is 44.9 Å². The standard InChI is InChI=1S/C22H26N6O3/c1-14-12-15(2)25-22(24-14)27-10-5-6-16(13-27)19(29)23-9-11-28-18-8-4-3-7-17(18)26-20(30)21(28)31/h3-4,7-8,12,16H,5-6,9-11,13H2,1-2H3,(H,23,29)(H,26,30)/t16-/m1/s1. The van der Waals surface area contributed by atoms with Gasteiger partial charge in [0.15, 0.2) is 0 Å². The van der Waals surface area contributed by atoms with Crippen LogP contribution in [0.4, 0.5) is 5.95 Å². The van der Waals surface area contributed by atoms with Gasteiger partial charge in [0.05, 0.1) is 17.0 Å². The molecule has 1 amide bonds. The van der Waals surface area contributed by atoms with Gasteiger partial charge in [0.25, 0.3) is 0 Å². The number of amides is 1. The van der Waals surface area contributed by atoms with Crippen LogP contribution in [0.1, 0.15) is 24.2 Å². The number of para-hydroxylation sites is 2. The summed E-state index contributed by atoms with van der Waals surface area (Å²) in [4.78, 5) is 50.7. The Morgan fingerprint density at radius 3 is 2.71 bits per heavy atom. The zero-order valence-electron chi connectivity index (χ0n) is 17.7. The lowest BCUT2D eigenvalue weighted by Gasteiger charge is -2.32. The highest BCUT2D eigenvalue weighted by Crippen LogP contribution is 2.21. The van der Waals surface area contributed by atoms with Gasteiger partial charge in [-0.3, -0.25) is 14.4 Å². The molecule has 0 aliphatic carbocycles. The summed E-state index contributed by atoms with van der Waals surface area (Å²) in [5, 5.41) is 2.93. The van der Waals surface area contributed by atoms with Gasteiger partial charge in [-0.2, -0.15) is 0 Å². The Kier molecular flexibility index (Phi) is 5.83. The predicted molar refractivity (Wildman–Crippen MR) is 118 cm³/mol. The van der Waals surface area contributed by atoms with Crippen LogP contribution in [0.2, 0.25) is 0 Å². The van der Waals surface area contributed by atoms with Crippen LogP contribution >= 0.6 is 0 Å². The van der Waals surface area contributed by atoms with Gasteiger partial charge >= 0.3 is 11.1 Å². The lowest BCUT2D eigenvalue weighted by atomic mass is 9.97. The van der Waals surface area contributed by atoms with Gasteiger partial charge in [0, 0.05) is 37.6 Å². The third kappa shape index (κ3) is 4.50. The largest absolute Gasteiger partial charge is 0.354 e. The molecule has 9 heteroatoms. The minimum absolute atomic E-state index is 0.0590. The van der Waals surface area contributed by atoms with Crippen LogP contribution in [-0.2, 0) is 11.3 Å². The number of aromatic nitrogens is 4. The predicted octanol–water partition coefficient (Wildman–Crippen LogP) is 1.13. The molecule has 31 heavy (non-hydrogen) atoms. The second-order valence-electron chi connectivity index (χ2n) is 7.95. The average molecular weight is 422 g/mol. The number of anilines is 1. The van der Waals surface area contributed by atoms with E-state index in [1.807, 2.05) is 19.9 Å². The van der Waals surface area contributed by atoms with Crippen molar-refractivity contribution in [1.82, 2.24) is 24.8 Å². The summed E-state index contributed by atoms with van der Waals surface area (Å²) in [6.07, 6.45) is 1.67. The molecule has 0 bridgehead atoms. The fourth-order valence-corrected chi connectivity index (χ4v) is 4.10. The van der Waals surface area contributed by atoms with Crippen molar-refractivity contribution in [2.45, 2.75) is 33.2 Å². The molecule has 1 aliphatic rings. The van der Waals surface area contributed by atoms with E-state index < -0.39 is 11.1 Å². The van der Waals surface area contributed by atoms with Crippen molar-refractivity contribution in [2.75, 3.05) is 24.5 Å². The van der Waals surface area contributed by atoms with Crippen molar-refractivity contribution in [2.24, 2.45) is 5.92 Å². The molecule has 1 aromatic carbocycles. The molecule has 9 nitrogen and oxygen atoms in total. The zero-order chi connectivity index (χ0) is 22.0. The van der Waals surface area contributed by atoms with Crippen molar-refractivity contribution in [3.8, 4) is 0 Å². The first kappa shape index (κ1) is 20.8. The third-order valence-corrected chi connectivity index (χ3v) is 5.56. The molecule has 3 heterocycles. The number of H-pyrrole nitrogens is 1. The number of carbonyl (C=O) groups is 1. The third-order valence-electron chi connectivity index (χ3n) is 5.56. The summed E-state index contributed by atoms with van der Waals surface area (Å²) < 4.78 is 1.41. The topological polar surface area (TPSA) is 113 Å². The second-order valence-corrected chi connectivity index (χ2v) is 7.95. The van der Waals surface area contributed by atoms with Crippen molar-refractivity contribution >= 4 is 22.9 Å². The Bertz CT molecular complexity index is 1210. The highest BCUT2D eigenvalue weighted by atomic mass is 16.2. The van der Waals surface area contributed by atoms with Crippen molar-refractivity contribution < 1.29 is 4.79 Å². The Morgan fingerprint density at radius 2 is 1.94 bits per heavy atom. The van der Waals surface area contributed by atoms with E-state index in [9.17, 15) is 14.4 Å². The maximum Gasteiger partial charge on any atom is 0.316 e. The van der Waals surface area contributed by atoms with Gasteiger partial charge < -0.3 is 19.8 Å². The summed E-state index contributed by atoms with van der Waals surface area (Å²) in [6, 6.07) is 9.05. The SMILES string of the molecule is Cc1cc(C)nc(N2CCC[C@@H](C(=O)NCCn3c(=O)c(=O)[nH]c4ccccc43)C2)n1. The van der Waals surface area contributed by atoms with E-state index in [2.05, 4.69) is 25.2 Å². The van der Waals surface area contributed by atoms with Gasteiger partial charge in [-0.25, -0.2) is 9.97 Å². The highest BCUT2D eigenvalue weighted by molar-refractivity contribution is 5.79. The van der Waals surface area contributed by atoms with Gasteiger partial charge in [0.2, 0.25) is 11.9 Å². The lowest BCUT2D eigenvalue weighted by Crippen LogP contribution is -2.45. The molecule has 2 aromatic heterocycles. The monoisotopic (exact) mass is 422 g/mol. The van der Waals surface area contributed by atoms with Crippen molar-refractivity contribution in [3.05, 3.63) is 62.4 Å². The number of aromatic amines is 1. The molecule has 0 radical (unpaired) electrons. The first-order valence-electron chi connectivity index (χ1n) is 10.5. The minimum Gasteiger partial charge on any atom is -0.354 e. The van der Waals surface area contributed by atoms with Crippen LogP contribution < -0.4 is 21.3 Å². The fraction of sp³-hybridized carbons (Fsp3) is 0.409. The number of fused-ring (bicyclic) bond motifs is 1. The molecule has 1 fully saturated rings. The molecular formula is C22H26N6O3. The smallest absolute Gasteiger partial charge is 0.316 e. The van der Waals surface area contributed by atoms with E-state index in [1.165, 1.54) is 4.57 Å². The van der Waals surface area contributed by atoms with Crippen LogP contribution in [0.3, 0.4) is 0 Å². The first-order valence-corrected chi connectivity index (χ1v) is 10.5. The molecule has 0 spiro atoms. The molecular weight excluding hydrogens is 396 g/mol. The number of piperidine rings is 1.